The highest BCUT2D eigenvalue weighted by Crippen LogP contribution is 2.28. The topological polar surface area (TPSA) is 88.4 Å². The summed E-state index contributed by atoms with van der Waals surface area (Å²) in [5.74, 6) is -0.498. The molecule has 164 valence electrons. The van der Waals surface area contributed by atoms with Crippen LogP contribution in [0, 0.1) is 20.8 Å². The molecule has 0 saturated heterocycles. The van der Waals surface area contributed by atoms with Crippen LogP contribution in [0.25, 0.3) is 16.6 Å². The van der Waals surface area contributed by atoms with Gasteiger partial charge in [-0.2, -0.15) is 0 Å². The lowest BCUT2D eigenvalue weighted by Crippen LogP contribution is -2.37. The summed E-state index contributed by atoms with van der Waals surface area (Å²) in [4.78, 5) is 25.0. The van der Waals surface area contributed by atoms with Crippen LogP contribution >= 0.6 is 11.8 Å². The summed E-state index contributed by atoms with van der Waals surface area (Å²) in [6.45, 7) is 7.62. The van der Waals surface area contributed by atoms with Crippen LogP contribution in [0.3, 0.4) is 0 Å². The van der Waals surface area contributed by atoms with Gasteiger partial charge in [-0.1, -0.05) is 48.2 Å². The molecule has 0 bridgehead atoms. The fraction of sp³-hybridized carbons (Fsp3) is 0.250. The number of nitrogens with zero attached hydrogens (tertiary/aromatic N) is 3. The predicted octanol–water partition coefficient (Wildman–Crippen LogP) is 4.04. The monoisotopic (exact) mass is 447 g/mol. The minimum atomic E-state index is -0.449. The minimum absolute atomic E-state index is 0.0970. The van der Waals surface area contributed by atoms with Crippen LogP contribution in [-0.4, -0.2) is 38.2 Å². The molecule has 0 spiro atoms. The van der Waals surface area contributed by atoms with Gasteiger partial charge in [0.15, 0.2) is 10.8 Å². The van der Waals surface area contributed by atoms with Crippen molar-refractivity contribution in [3.63, 3.8) is 0 Å². The Hall–Kier alpha value is -3.39. The van der Waals surface area contributed by atoms with E-state index in [1.54, 1.807) is 6.92 Å². The zero-order chi connectivity index (χ0) is 22.8. The van der Waals surface area contributed by atoms with Crippen LogP contribution in [0.2, 0.25) is 0 Å². The zero-order valence-corrected chi connectivity index (χ0v) is 19.3. The average molecular weight is 448 g/mol. The second-order valence-electron chi connectivity index (χ2n) is 7.81. The average Bonchev–Trinajstić information content (AvgIpc) is 3.17. The molecule has 0 aliphatic heterocycles. The molecule has 2 aromatic carbocycles. The van der Waals surface area contributed by atoms with E-state index in [0.29, 0.717) is 5.16 Å². The van der Waals surface area contributed by atoms with E-state index in [1.165, 1.54) is 11.8 Å². The Morgan fingerprint density at radius 1 is 1.00 bits per heavy atom. The first kappa shape index (κ1) is 21.8. The number of rotatable bonds is 6. The highest BCUT2D eigenvalue weighted by atomic mass is 32.2. The van der Waals surface area contributed by atoms with Gasteiger partial charge in [-0.3, -0.25) is 14.0 Å². The summed E-state index contributed by atoms with van der Waals surface area (Å²) in [6.07, 6.45) is 0. The van der Waals surface area contributed by atoms with Gasteiger partial charge in [0.2, 0.25) is 11.8 Å². The van der Waals surface area contributed by atoms with Gasteiger partial charge in [0, 0.05) is 11.1 Å². The van der Waals surface area contributed by atoms with Gasteiger partial charge >= 0.3 is 0 Å². The maximum absolute atomic E-state index is 12.6. The molecule has 2 amide bonds. The minimum Gasteiger partial charge on any atom is -0.346 e. The van der Waals surface area contributed by atoms with E-state index in [1.807, 2.05) is 67.6 Å². The van der Waals surface area contributed by atoms with E-state index in [0.717, 1.165) is 38.9 Å². The van der Waals surface area contributed by atoms with Crippen molar-refractivity contribution >= 4 is 45.8 Å². The number of hydrogen-bond donors (Lipinski definition) is 2. The third-order valence-electron chi connectivity index (χ3n) is 5.39. The Bertz CT molecular complexity index is 1310. The molecular weight excluding hydrogens is 422 g/mol. The van der Waals surface area contributed by atoms with E-state index in [2.05, 4.69) is 26.9 Å². The van der Waals surface area contributed by atoms with Crippen molar-refractivity contribution in [3.8, 4) is 0 Å². The van der Waals surface area contributed by atoms with Crippen LogP contribution in [0.4, 0.5) is 5.69 Å². The summed E-state index contributed by atoms with van der Waals surface area (Å²) in [7, 11) is 0. The molecule has 4 rings (SSSR count). The van der Waals surface area contributed by atoms with Gasteiger partial charge in [-0.25, -0.2) is 0 Å². The van der Waals surface area contributed by atoms with Crippen LogP contribution in [0.1, 0.15) is 23.6 Å². The molecule has 0 saturated carbocycles. The van der Waals surface area contributed by atoms with Gasteiger partial charge in [0.1, 0.15) is 0 Å². The molecule has 1 unspecified atom stereocenters. The second-order valence-corrected chi connectivity index (χ2v) is 9.12. The van der Waals surface area contributed by atoms with Crippen LogP contribution < -0.4 is 10.6 Å². The highest BCUT2D eigenvalue weighted by molar-refractivity contribution is 8.00. The molecule has 2 N–H and O–H groups in total. The Morgan fingerprint density at radius 2 is 1.72 bits per heavy atom. The molecule has 1 atom stereocenters. The van der Waals surface area contributed by atoms with Crippen molar-refractivity contribution in [1.29, 1.82) is 0 Å². The number of thioether (sulfide) groups is 1. The first-order valence-corrected chi connectivity index (χ1v) is 11.3. The first-order valence-electron chi connectivity index (χ1n) is 10.4. The third-order valence-corrected chi connectivity index (χ3v) is 6.44. The number of anilines is 1. The molecule has 8 heteroatoms. The maximum Gasteiger partial charge on any atom is 0.243 e. The normalized spacial score (nSPS) is 12.1. The summed E-state index contributed by atoms with van der Waals surface area (Å²) in [5, 5.41) is 15.5. The standard InChI is InChI=1S/C24H25N5O2S/c1-14-8-7-9-15(2)22(14)26-21(30)13-25-23(31)17(4)32-24-28-27-20-12-16(3)18-10-5-6-11-19(18)29(20)24/h5-12,17H,13H2,1-4H3,(H,25,31)(H,26,30). The van der Waals surface area contributed by atoms with Gasteiger partial charge < -0.3 is 10.6 Å². The van der Waals surface area contributed by atoms with Gasteiger partial charge in [0.25, 0.3) is 0 Å². The number of hydrogen-bond acceptors (Lipinski definition) is 5. The number of fused-ring (bicyclic) bond motifs is 3. The first-order chi connectivity index (χ1) is 15.3. The van der Waals surface area contributed by atoms with Crippen LogP contribution in [-0.2, 0) is 9.59 Å². The number of aryl methyl sites for hydroxylation is 3. The van der Waals surface area contributed by atoms with Crippen molar-refractivity contribution in [1.82, 2.24) is 19.9 Å². The lowest BCUT2D eigenvalue weighted by Gasteiger charge is -2.14. The quantitative estimate of drug-likeness (QED) is 0.436. The number of benzene rings is 2. The van der Waals surface area contributed by atoms with Gasteiger partial charge in [-0.15, -0.1) is 10.2 Å². The molecule has 2 heterocycles. The Morgan fingerprint density at radius 3 is 2.47 bits per heavy atom. The van der Waals surface area contributed by atoms with Crippen molar-refractivity contribution in [2.24, 2.45) is 0 Å². The largest absolute Gasteiger partial charge is 0.346 e. The number of amides is 2. The predicted molar refractivity (Wildman–Crippen MR) is 128 cm³/mol. The maximum atomic E-state index is 12.6. The lowest BCUT2D eigenvalue weighted by molar-refractivity contribution is -0.123. The summed E-state index contributed by atoms with van der Waals surface area (Å²) >= 11 is 1.31. The second kappa shape index (κ2) is 9.00. The molecule has 7 nitrogen and oxygen atoms in total. The number of nitrogens with one attached hydrogen (secondary N) is 2. The van der Waals surface area contributed by atoms with E-state index in [9.17, 15) is 9.59 Å². The number of carbonyl (C=O) groups excluding carboxylic acids is 2. The van der Waals surface area contributed by atoms with Crippen molar-refractivity contribution in [2.75, 3.05) is 11.9 Å². The molecule has 4 aromatic rings. The Kier molecular flexibility index (Phi) is 6.14. The fourth-order valence-corrected chi connectivity index (χ4v) is 4.56. The summed E-state index contributed by atoms with van der Waals surface area (Å²) < 4.78 is 1.96. The molecule has 32 heavy (non-hydrogen) atoms. The van der Waals surface area contributed by atoms with Crippen molar-refractivity contribution in [2.45, 2.75) is 38.1 Å². The molecule has 0 radical (unpaired) electrons. The molecule has 2 aromatic heterocycles. The van der Waals surface area contributed by atoms with Crippen molar-refractivity contribution < 1.29 is 9.59 Å². The SMILES string of the molecule is Cc1cccc(C)c1NC(=O)CNC(=O)C(C)Sc1nnc2cc(C)c3ccccc3n12. The number of carbonyl (C=O) groups is 2. The van der Waals surface area contributed by atoms with E-state index in [-0.39, 0.29) is 18.4 Å². The number of pyridine rings is 1. The Balaban J connectivity index is 1.44. The van der Waals surface area contributed by atoms with Gasteiger partial charge in [-0.05, 0) is 56.5 Å². The van der Waals surface area contributed by atoms with Crippen LogP contribution in [0.15, 0.2) is 53.7 Å². The summed E-state index contributed by atoms with van der Waals surface area (Å²) in [6, 6.07) is 15.9. The van der Waals surface area contributed by atoms with Crippen LogP contribution in [0.5, 0.6) is 0 Å². The summed E-state index contributed by atoms with van der Waals surface area (Å²) in [5.41, 5.74) is 5.60. The van der Waals surface area contributed by atoms with Gasteiger partial charge in [0.05, 0.1) is 17.3 Å². The number of aromatic nitrogens is 3. The lowest BCUT2D eigenvalue weighted by atomic mass is 10.1. The van der Waals surface area contributed by atoms with E-state index < -0.39 is 5.25 Å². The smallest absolute Gasteiger partial charge is 0.243 e. The highest BCUT2D eigenvalue weighted by Gasteiger charge is 2.20. The third kappa shape index (κ3) is 4.31. The Labute approximate surface area is 190 Å². The van der Waals surface area contributed by atoms with Crippen molar-refractivity contribution in [3.05, 3.63) is 65.2 Å². The molecule has 0 aliphatic rings. The fourth-order valence-electron chi connectivity index (χ4n) is 3.67. The van der Waals surface area contributed by atoms with E-state index >= 15 is 0 Å². The molecular formula is C24H25N5O2S. The number of para-hydroxylation sites is 2. The molecule has 0 fully saturated rings. The zero-order valence-electron chi connectivity index (χ0n) is 18.5. The van der Waals surface area contributed by atoms with E-state index in [4.69, 9.17) is 0 Å². The molecule has 0 aliphatic carbocycles.